The molecule has 4 nitrogen and oxygen atoms in total. The maximum absolute atomic E-state index is 10.7. The van der Waals surface area contributed by atoms with E-state index in [9.17, 15) is 4.79 Å². The lowest BCUT2D eigenvalue weighted by atomic mass is 10.1. The number of aryl methyl sites for hydroxylation is 1. The van der Waals surface area contributed by atoms with Gasteiger partial charge in [-0.1, -0.05) is 29.8 Å². The van der Waals surface area contributed by atoms with Crippen LogP contribution in [0.25, 0.3) is 0 Å². The van der Waals surface area contributed by atoms with E-state index in [0.717, 1.165) is 5.69 Å². The number of ether oxygens (including phenoxy) is 1. The van der Waals surface area contributed by atoms with E-state index >= 15 is 0 Å². The Hall–Kier alpha value is -2.49. The van der Waals surface area contributed by atoms with Gasteiger partial charge in [0.25, 0.3) is 5.91 Å². The topological polar surface area (TPSA) is 64.3 Å². The highest BCUT2D eigenvalue weighted by atomic mass is 16.5. The van der Waals surface area contributed by atoms with Crippen LogP contribution in [0.5, 0.6) is 5.75 Å². The summed E-state index contributed by atoms with van der Waals surface area (Å²) < 4.78 is 5.23. The minimum atomic E-state index is -0.481. The van der Waals surface area contributed by atoms with Crippen molar-refractivity contribution < 1.29 is 9.53 Å². The second-order valence-electron chi connectivity index (χ2n) is 5.06. The van der Waals surface area contributed by atoms with Gasteiger partial charge < -0.3 is 15.8 Å². The van der Waals surface area contributed by atoms with Crippen LogP contribution in [0.4, 0.5) is 5.69 Å². The maximum Gasteiger partial charge on any atom is 0.255 e. The van der Waals surface area contributed by atoms with E-state index in [-0.39, 0.29) is 12.6 Å². The molecule has 0 radical (unpaired) electrons. The van der Waals surface area contributed by atoms with E-state index in [1.165, 1.54) is 11.1 Å². The van der Waals surface area contributed by atoms with Gasteiger partial charge in [0.1, 0.15) is 5.75 Å². The number of nitrogens with two attached hydrogens (primary N) is 1. The van der Waals surface area contributed by atoms with Crippen molar-refractivity contribution in [2.24, 2.45) is 5.73 Å². The predicted molar refractivity (Wildman–Crippen MR) is 84.3 cm³/mol. The fourth-order valence-corrected chi connectivity index (χ4v) is 2.07. The van der Waals surface area contributed by atoms with E-state index in [0.29, 0.717) is 5.75 Å². The molecule has 2 aromatic carbocycles. The summed E-state index contributed by atoms with van der Waals surface area (Å²) in [5, 5.41) is 3.43. The standard InChI is InChI=1S/C17H20N2O2/c1-12-4-3-5-14(10-12)13(2)19-15-6-8-16(9-7-15)21-11-17(18)20/h3-10,13,19H,11H2,1-2H3,(H2,18,20). The first-order chi connectivity index (χ1) is 10.0. The minimum Gasteiger partial charge on any atom is -0.484 e. The first-order valence-corrected chi connectivity index (χ1v) is 6.89. The van der Waals surface area contributed by atoms with Crippen LogP contribution in [-0.2, 0) is 4.79 Å². The zero-order chi connectivity index (χ0) is 15.2. The zero-order valence-electron chi connectivity index (χ0n) is 12.3. The summed E-state index contributed by atoms with van der Waals surface area (Å²) in [5.74, 6) is 0.146. The molecule has 0 aliphatic carbocycles. The normalized spacial score (nSPS) is 11.7. The fourth-order valence-electron chi connectivity index (χ4n) is 2.07. The Morgan fingerprint density at radius 1 is 1.24 bits per heavy atom. The quantitative estimate of drug-likeness (QED) is 0.857. The number of amides is 1. The van der Waals surface area contributed by atoms with Crippen molar-refractivity contribution in [3.05, 3.63) is 59.7 Å². The molecule has 3 N–H and O–H groups in total. The highest BCUT2D eigenvalue weighted by Crippen LogP contribution is 2.22. The number of hydrogen-bond donors (Lipinski definition) is 2. The summed E-state index contributed by atoms with van der Waals surface area (Å²) in [6, 6.07) is 16.1. The molecule has 21 heavy (non-hydrogen) atoms. The number of carbonyl (C=O) groups is 1. The Bertz CT molecular complexity index is 608. The smallest absolute Gasteiger partial charge is 0.255 e. The van der Waals surface area contributed by atoms with Gasteiger partial charge in [0.2, 0.25) is 0 Å². The molecule has 2 rings (SSSR count). The van der Waals surface area contributed by atoms with Crippen LogP contribution in [0.1, 0.15) is 24.1 Å². The molecule has 0 aliphatic heterocycles. The lowest BCUT2D eigenvalue weighted by Gasteiger charge is -2.16. The second-order valence-corrected chi connectivity index (χ2v) is 5.06. The number of rotatable bonds is 6. The van der Waals surface area contributed by atoms with Gasteiger partial charge in [-0.05, 0) is 43.7 Å². The Morgan fingerprint density at radius 3 is 2.57 bits per heavy atom. The second kappa shape index (κ2) is 6.79. The Kier molecular flexibility index (Phi) is 4.82. The van der Waals surface area contributed by atoms with Crippen LogP contribution in [-0.4, -0.2) is 12.5 Å². The third-order valence-electron chi connectivity index (χ3n) is 3.16. The summed E-state index contributed by atoms with van der Waals surface area (Å²) >= 11 is 0. The average molecular weight is 284 g/mol. The zero-order valence-corrected chi connectivity index (χ0v) is 12.3. The predicted octanol–water partition coefficient (Wildman–Crippen LogP) is 3.03. The van der Waals surface area contributed by atoms with E-state index in [4.69, 9.17) is 10.5 Å². The van der Waals surface area contributed by atoms with E-state index < -0.39 is 5.91 Å². The molecule has 0 spiro atoms. The van der Waals surface area contributed by atoms with Crippen molar-refractivity contribution in [3.63, 3.8) is 0 Å². The maximum atomic E-state index is 10.7. The minimum absolute atomic E-state index is 0.105. The molecule has 0 saturated heterocycles. The van der Waals surface area contributed by atoms with Crippen LogP contribution < -0.4 is 15.8 Å². The van der Waals surface area contributed by atoms with Crippen molar-refractivity contribution in [3.8, 4) is 5.75 Å². The molecule has 0 fully saturated rings. The fraction of sp³-hybridized carbons (Fsp3) is 0.235. The number of hydrogen-bond acceptors (Lipinski definition) is 3. The number of nitrogens with one attached hydrogen (secondary N) is 1. The third kappa shape index (κ3) is 4.53. The van der Waals surface area contributed by atoms with Crippen molar-refractivity contribution >= 4 is 11.6 Å². The van der Waals surface area contributed by atoms with Gasteiger partial charge in [-0.15, -0.1) is 0 Å². The van der Waals surface area contributed by atoms with Crippen molar-refractivity contribution in [1.29, 1.82) is 0 Å². The first-order valence-electron chi connectivity index (χ1n) is 6.89. The third-order valence-corrected chi connectivity index (χ3v) is 3.16. The number of primary amides is 1. The SMILES string of the molecule is Cc1cccc(C(C)Nc2ccc(OCC(N)=O)cc2)c1. The Balaban J connectivity index is 1.98. The van der Waals surface area contributed by atoms with Gasteiger partial charge in [0.15, 0.2) is 6.61 Å². The lowest BCUT2D eigenvalue weighted by molar-refractivity contribution is -0.119. The van der Waals surface area contributed by atoms with E-state index in [2.05, 4.69) is 43.4 Å². The van der Waals surface area contributed by atoms with Crippen molar-refractivity contribution in [2.75, 3.05) is 11.9 Å². The van der Waals surface area contributed by atoms with Crippen molar-refractivity contribution in [2.45, 2.75) is 19.9 Å². The summed E-state index contributed by atoms with van der Waals surface area (Å²) in [4.78, 5) is 10.7. The van der Waals surface area contributed by atoms with Crippen LogP contribution in [0.2, 0.25) is 0 Å². The summed E-state index contributed by atoms with van der Waals surface area (Å²) in [7, 11) is 0. The van der Waals surface area contributed by atoms with E-state index in [1.807, 2.05) is 24.3 Å². The molecule has 1 atom stereocenters. The average Bonchev–Trinajstić information content (AvgIpc) is 2.46. The van der Waals surface area contributed by atoms with Crippen LogP contribution in [0, 0.1) is 6.92 Å². The molecule has 1 amide bonds. The summed E-state index contributed by atoms with van der Waals surface area (Å²) in [6.45, 7) is 4.10. The monoisotopic (exact) mass is 284 g/mol. The number of benzene rings is 2. The molecule has 0 heterocycles. The molecule has 0 aliphatic rings. The highest BCUT2D eigenvalue weighted by Gasteiger charge is 2.05. The van der Waals surface area contributed by atoms with Gasteiger partial charge in [-0.25, -0.2) is 0 Å². The summed E-state index contributed by atoms with van der Waals surface area (Å²) in [6.07, 6.45) is 0. The van der Waals surface area contributed by atoms with Gasteiger partial charge in [-0.3, -0.25) is 4.79 Å². The molecular weight excluding hydrogens is 264 g/mol. The van der Waals surface area contributed by atoms with Crippen molar-refractivity contribution in [1.82, 2.24) is 0 Å². The molecular formula is C17H20N2O2. The van der Waals surface area contributed by atoms with Gasteiger partial charge in [0.05, 0.1) is 0 Å². The molecule has 0 bridgehead atoms. The van der Waals surface area contributed by atoms with Gasteiger partial charge >= 0.3 is 0 Å². The van der Waals surface area contributed by atoms with Crippen LogP contribution in [0.15, 0.2) is 48.5 Å². The van der Waals surface area contributed by atoms with Crippen LogP contribution >= 0.6 is 0 Å². The lowest BCUT2D eigenvalue weighted by Crippen LogP contribution is -2.19. The molecule has 2 aromatic rings. The number of carbonyl (C=O) groups excluding carboxylic acids is 1. The molecule has 0 aromatic heterocycles. The molecule has 4 heteroatoms. The highest BCUT2D eigenvalue weighted by molar-refractivity contribution is 5.75. The molecule has 0 saturated carbocycles. The Labute approximate surface area is 124 Å². The first kappa shape index (κ1) is 14.9. The van der Waals surface area contributed by atoms with Crippen LogP contribution in [0.3, 0.4) is 0 Å². The van der Waals surface area contributed by atoms with E-state index in [1.54, 1.807) is 0 Å². The molecule has 1 unspecified atom stereocenters. The van der Waals surface area contributed by atoms with Gasteiger partial charge in [0, 0.05) is 11.7 Å². The molecule has 110 valence electrons. The number of anilines is 1. The summed E-state index contributed by atoms with van der Waals surface area (Å²) in [5.41, 5.74) is 8.52. The largest absolute Gasteiger partial charge is 0.484 e. The van der Waals surface area contributed by atoms with Gasteiger partial charge in [-0.2, -0.15) is 0 Å². The Morgan fingerprint density at radius 2 is 1.95 bits per heavy atom.